The smallest absolute Gasteiger partial charge is 0.159 e. The van der Waals surface area contributed by atoms with Crippen LogP contribution in [0, 0.1) is 25.7 Å². The van der Waals surface area contributed by atoms with Crippen LogP contribution in [0.15, 0.2) is 12.3 Å². The Labute approximate surface area is 149 Å². The number of hydrogen-bond acceptors (Lipinski definition) is 4. The van der Waals surface area contributed by atoms with E-state index in [-0.39, 0.29) is 24.8 Å². The Morgan fingerprint density at radius 3 is 2.48 bits per heavy atom. The summed E-state index contributed by atoms with van der Waals surface area (Å²) in [5.74, 6) is 1.36. The van der Waals surface area contributed by atoms with Crippen molar-refractivity contribution in [3.8, 4) is 0 Å². The molecule has 23 heavy (non-hydrogen) atoms. The maximum absolute atomic E-state index is 6.29. The minimum Gasteiger partial charge on any atom is -0.327 e. The summed E-state index contributed by atoms with van der Waals surface area (Å²) in [6.07, 6.45) is 4.58. The molecule has 0 amide bonds. The molecule has 1 aliphatic carbocycles. The Balaban J connectivity index is 0.000000960. The monoisotopic (exact) mass is 357 g/mol. The van der Waals surface area contributed by atoms with E-state index in [0.29, 0.717) is 17.9 Å². The van der Waals surface area contributed by atoms with Gasteiger partial charge in [0.25, 0.3) is 0 Å². The first-order valence-corrected chi connectivity index (χ1v) is 7.90. The minimum absolute atomic E-state index is 0. The summed E-state index contributed by atoms with van der Waals surface area (Å²) in [5.41, 5.74) is 10.7. The Hall–Kier alpha value is -0.880. The number of piperidine rings is 1. The zero-order valence-electron chi connectivity index (χ0n) is 13.6. The number of aromatic nitrogens is 3. The summed E-state index contributed by atoms with van der Waals surface area (Å²) in [5, 5.41) is 4.50. The largest absolute Gasteiger partial charge is 0.327 e. The minimum atomic E-state index is 0. The first kappa shape index (κ1) is 18.5. The fraction of sp³-hybridized carbons (Fsp3) is 0.625. The lowest BCUT2D eigenvalue weighted by atomic mass is 9.93. The van der Waals surface area contributed by atoms with E-state index in [9.17, 15) is 0 Å². The third kappa shape index (κ3) is 3.20. The van der Waals surface area contributed by atoms with Gasteiger partial charge in [0.15, 0.2) is 5.65 Å². The highest BCUT2D eigenvalue weighted by atomic mass is 35.5. The van der Waals surface area contributed by atoms with E-state index in [0.717, 1.165) is 36.7 Å². The average Bonchev–Trinajstić information content (AvgIpc) is 2.89. The van der Waals surface area contributed by atoms with Crippen LogP contribution in [0.2, 0.25) is 0 Å². The second kappa shape index (κ2) is 6.93. The van der Waals surface area contributed by atoms with Crippen LogP contribution in [0.25, 0.3) is 5.65 Å². The highest BCUT2D eigenvalue weighted by Crippen LogP contribution is 2.36. The molecule has 7 heteroatoms. The van der Waals surface area contributed by atoms with Crippen molar-refractivity contribution in [1.82, 2.24) is 19.5 Å². The zero-order chi connectivity index (χ0) is 14.6. The van der Waals surface area contributed by atoms with Crippen molar-refractivity contribution >= 4 is 30.5 Å². The van der Waals surface area contributed by atoms with Crippen molar-refractivity contribution < 1.29 is 0 Å². The predicted molar refractivity (Wildman–Crippen MR) is 96.4 cm³/mol. The highest BCUT2D eigenvalue weighted by Gasteiger charge is 2.39. The zero-order valence-corrected chi connectivity index (χ0v) is 15.2. The van der Waals surface area contributed by atoms with Crippen LogP contribution >= 0.6 is 24.8 Å². The summed E-state index contributed by atoms with van der Waals surface area (Å²) in [6.45, 7) is 7.32. The van der Waals surface area contributed by atoms with Crippen molar-refractivity contribution in [3.63, 3.8) is 0 Å². The molecule has 128 valence electrons. The first-order valence-electron chi connectivity index (χ1n) is 7.90. The van der Waals surface area contributed by atoms with E-state index < -0.39 is 0 Å². The number of aryl methyl sites for hydroxylation is 2. The molecule has 2 N–H and O–H groups in total. The molecule has 5 nitrogen and oxygen atoms in total. The van der Waals surface area contributed by atoms with Crippen LogP contribution in [0.4, 0.5) is 0 Å². The van der Waals surface area contributed by atoms with Gasteiger partial charge in [0, 0.05) is 42.6 Å². The maximum atomic E-state index is 6.29. The van der Waals surface area contributed by atoms with E-state index in [1.54, 1.807) is 0 Å². The summed E-state index contributed by atoms with van der Waals surface area (Å²) in [4.78, 5) is 7.22. The fourth-order valence-corrected chi connectivity index (χ4v) is 4.16. The van der Waals surface area contributed by atoms with Crippen molar-refractivity contribution in [1.29, 1.82) is 0 Å². The Morgan fingerprint density at radius 2 is 1.83 bits per heavy atom. The van der Waals surface area contributed by atoms with E-state index in [4.69, 9.17) is 5.73 Å². The standard InChI is InChI=1S/C16H23N5.2ClH/c1-10-5-11(2)21-16(19-10)14(6-18-21)9-20-7-12-3-4-13(8-20)15(12)17;;/h5-6,12-13,15H,3-4,7-9,17H2,1-2H3;2*1H/t12-,13+,15?;;. The van der Waals surface area contributed by atoms with Gasteiger partial charge in [-0.1, -0.05) is 0 Å². The Kier molecular flexibility index (Phi) is 5.56. The van der Waals surface area contributed by atoms with Crippen LogP contribution in [-0.2, 0) is 6.54 Å². The SMILES string of the molecule is Cc1cc(C)n2ncc(CN3C[C@H]4CC[C@@H](C3)C4N)c2n1.Cl.Cl. The van der Waals surface area contributed by atoms with Crippen molar-refractivity contribution in [2.75, 3.05) is 13.1 Å². The quantitative estimate of drug-likeness (QED) is 0.895. The van der Waals surface area contributed by atoms with E-state index in [1.807, 2.05) is 17.6 Å². The van der Waals surface area contributed by atoms with Crippen LogP contribution < -0.4 is 5.73 Å². The van der Waals surface area contributed by atoms with Gasteiger partial charge in [-0.3, -0.25) is 4.90 Å². The molecule has 4 rings (SSSR count). The van der Waals surface area contributed by atoms with Crippen molar-refractivity contribution in [2.24, 2.45) is 17.6 Å². The molecule has 0 radical (unpaired) electrons. The molecule has 2 aromatic rings. The van der Waals surface area contributed by atoms with E-state index >= 15 is 0 Å². The van der Waals surface area contributed by atoms with Crippen molar-refractivity contribution in [3.05, 3.63) is 29.2 Å². The third-order valence-electron chi connectivity index (χ3n) is 5.23. The van der Waals surface area contributed by atoms with Gasteiger partial charge in [0.05, 0.1) is 6.20 Å². The third-order valence-corrected chi connectivity index (χ3v) is 5.23. The molecule has 2 aliphatic rings. The van der Waals surface area contributed by atoms with Crippen molar-refractivity contribution in [2.45, 2.75) is 39.3 Å². The summed E-state index contributed by atoms with van der Waals surface area (Å²) in [6, 6.07) is 2.50. The summed E-state index contributed by atoms with van der Waals surface area (Å²) >= 11 is 0. The van der Waals surface area contributed by atoms with Crippen LogP contribution in [-0.4, -0.2) is 38.6 Å². The fourth-order valence-electron chi connectivity index (χ4n) is 4.16. The molecule has 1 aliphatic heterocycles. The number of rotatable bonds is 2. The lowest BCUT2D eigenvalue weighted by molar-refractivity contribution is 0.141. The Morgan fingerprint density at radius 1 is 1.17 bits per heavy atom. The van der Waals surface area contributed by atoms with E-state index in [1.165, 1.54) is 18.4 Å². The molecule has 2 aromatic heterocycles. The van der Waals surface area contributed by atoms with E-state index in [2.05, 4.69) is 28.0 Å². The number of halogens is 2. The molecule has 1 unspecified atom stereocenters. The average molecular weight is 358 g/mol. The molecule has 0 spiro atoms. The van der Waals surface area contributed by atoms with Gasteiger partial charge in [-0.25, -0.2) is 9.50 Å². The molecule has 3 heterocycles. The molecular formula is C16H25Cl2N5. The predicted octanol–water partition coefficient (Wildman–Crippen LogP) is 2.36. The highest BCUT2D eigenvalue weighted by molar-refractivity contribution is 5.85. The van der Waals surface area contributed by atoms with Gasteiger partial charge in [-0.2, -0.15) is 5.10 Å². The number of nitrogens with two attached hydrogens (primary N) is 1. The second-order valence-corrected chi connectivity index (χ2v) is 6.81. The molecule has 3 atom stereocenters. The number of hydrogen-bond donors (Lipinski definition) is 1. The molecular weight excluding hydrogens is 333 g/mol. The first-order chi connectivity index (χ1) is 10.1. The van der Waals surface area contributed by atoms with Gasteiger partial charge >= 0.3 is 0 Å². The van der Waals surface area contributed by atoms with Gasteiger partial charge < -0.3 is 5.73 Å². The molecule has 2 bridgehead atoms. The second-order valence-electron chi connectivity index (χ2n) is 6.81. The molecule has 2 fully saturated rings. The molecule has 0 aromatic carbocycles. The molecule has 1 saturated carbocycles. The maximum Gasteiger partial charge on any atom is 0.159 e. The van der Waals surface area contributed by atoms with Crippen LogP contribution in [0.5, 0.6) is 0 Å². The summed E-state index contributed by atoms with van der Waals surface area (Å²) in [7, 11) is 0. The van der Waals surface area contributed by atoms with Crippen LogP contribution in [0.1, 0.15) is 29.8 Å². The lowest BCUT2D eigenvalue weighted by Crippen LogP contribution is -2.48. The normalized spacial score (nSPS) is 26.8. The number of fused-ring (bicyclic) bond motifs is 3. The number of likely N-dealkylation sites (tertiary alicyclic amines) is 1. The topological polar surface area (TPSA) is 59.5 Å². The molecule has 1 saturated heterocycles. The Bertz CT molecular complexity index is 672. The van der Waals surface area contributed by atoms with Gasteiger partial charge in [-0.15, -0.1) is 24.8 Å². The lowest BCUT2D eigenvalue weighted by Gasteiger charge is -2.35. The summed E-state index contributed by atoms with van der Waals surface area (Å²) < 4.78 is 1.95. The van der Waals surface area contributed by atoms with Crippen LogP contribution in [0.3, 0.4) is 0 Å². The van der Waals surface area contributed by atoms with Gasteiger partial charge in [0.2, 0.25) is 0 Å². The van der Waals surface area contributed by atoms with Gasteiger partial charge in [-0.05, 0) is 44.6 Å². The number of nitrogens with zero attached hydrogens (tertiary/aromatic N) is 4. The van der Waals surface area contributed by atoms with Gasteiger partial charge in [0.1, 0.15) is 0 Å².